The van der Waals surface area contributed by atoms with Crippen molar-refractivity contribution in [2.24, 2.45) is 5.92 Å². The molecule has 1 aromatic rings. The molecule has 0 saturated heterocycles. The number of methoxy groups -OCH3 is 1. The van der Waals surface area contributed by atoms with Gasteiger partial charge in [0, 0.05) is 13.6 Å². The zero-order valence-electron chi connectivity index (χ0n) is 12.9. The molecule has 0 aliphatic heterocycles. The number of esters is 1. The molecular formula is C15H23NO4S. The Bertz CT molecular complexity index is 556. The number of hydrogen-bond acceptors (Lipinski definition) is 4. The van der Waals surface area contributed by atoms with Crippen LogP contribution in [0.5, 0.6) is 0 Å². The minimum atomic E-state index is -3.42. The summed E-state index contributed by atoms with van der Waals surface area (Å²) in [5, 5.41) is 0. The Morgan fingerprint density at radius 1 is 1.24 bits per heavy atom. The van der Waals surface area contributed by atoms with Crippen molar-refractivity contribution < 1.29 is 17.9 Å². The zero-order valence-corrected chi connectivity index (χ0v) is 13.8. The summed E-state index contributed by atoms with van der Waals surface area (Å²) in [5.74, 6) is -0.983. The van der Waals surface area contributed by atoms with Crippen molar-refractivity contribution in [3.05, 3.63) is 35.9 Å². The summed E-state index contributed by atoms with van der Waals surface area (Å²) < 4.78 is 30.5. The molecule has 0 radical (unpaired) electrons. The van der Waals surface area contributed by atoms with Gasteiger partial charge in [-0.2, -0.15) is 0 Å². The number of sulfonamides is 1. The molecule has 2 atom stereocenters. The van der Waals surface area contributed by atoms with Gasteiger partial charge < -0.3 is 4.74 Å². The van der Waals surface area contributed by atoms with Crippen molar-refractivity contribution >= 4 is 16.0 Å². The van der Waals surface area contributed by atoms with Crippen LogP contribution in [0.4, 0.5) is 0 Å². The summed E-state index contributed by atoms with van der Waals surface area (Å²) in [6.45, 7) is 3.65. The van der Waals surface area contributed by atoms with Crippen molar-refractivity contribution in [1.29, 1.82) is 0 Å². The van der Waals surface area contributed by atoms with Crippen LogP contribution in [-0.4, -0.2) is 45.1 Å². The first-order valence-corrected chi connectivity index (χ1v) is 8.45. The van der Waals surface area contributed by atoms with Gasteiger partial charge >= 0.3 is 5.97 Å². The molecule has 0 spiro atoms. The van der Waals surface area contributed by atoms with Crippen molar-refractivity contribution in [3.8, 4) is 0 Å². The second-order valence-electron chi connectivity index (χ2n) is 5.29. The molecule has 0 heterocycles. The maximum absolute atomic E-state index is 12.3. The van der Waals surface area contributed by atoms with E-state index in [-0.39, 0.29) is 18.2 Å². The number of nitrogens with zero attached hydrogens (tertiary/aromatic N) is 1. The molecule has 0 N–H and O–H groups in total. The minimum absolute atomic E-state index is 0.0153. The van der Waals surface area contributed by atoms with Crippen LogP contribution < -0.4 is 0 Å². The fourth-order valence-electron chi connectivity index (χ4n) is 2.10. The van der Waals surface area contributed by atoms with Gasteiger partial charge in [0.15, 0.2) is 0 Å². The number of ether oxygens (including phenoxy) is 1. The molecule has 0 aliphatic rings. The van der Waals surface area contributed by atoms with Crippen LogP contribution in [0.2, 0.25) is 0 Å². The Balaban J connectivity index is 2.70. The quantitative estimate of drug-likeness (QED) is 0.721. The lowest BCUT2D eigenvalue weighted by Gasteiger charge is -2.22. The third-order valence-corrected chi connectivity index (χ3v) is 5.46. The van der Waals surface area contributed by atoms with Crippen molar-refractivity contribution in [1.82, 2.24) is 4.31 Å². The molecule has 0 amide bonds. The third-order valence-electron chi connectivity index (χ3n) is 3.44. The van der Waals surface area contributed by atoms with Crippen LogP contribution in [-0.2, 0) is 19.6 Å². The van der Waals surface area contributed by atoms with E-state index >= 15 is 0 Å². The first-order valence-electron chi connectivity index (χ1n) is 6.84. The Hall–Kier alpha value is -1.40. The second-order valence-corrected chi connectivity index (χ2v) is 7.42. The van der Waals surface area contributed by atoms with Gasteiger partial charge in [-0.15, -0.1) is 0 Å². The van der Waals surface area contributed by atoms with Gasteiger partial charge in [0.1, 0.15) is 0 Å². The van der Waals surface area contributed by atoms with Crippen molar-refractivity contribution in [3.63, 3.8) is 0 Å². The Kier molecular flexibility index (Phi) is 6.36. The van der Waals surface area contributed by atoms with Gasteiger partial charge in [-0.25, -0.2) is 12.7 Å². The highest BCUT2D eigenvalue weighted by molar-refractivity contribution is 7.89. The average molecular weight is 313 g/mol. The lowest BCUT2D eigenvalue weighted by Crippen LogP contribution is -2.36. The normalized spacial score (nSPS) is 14.7. The minimum Gasteiger partial charge on any atom is -0.469 e. The van der Waals surface area contributed by atoms with Crippen LogP contribution >= 0.6 is 0 Å². The highest BCUT2D eigenvalue weighted by Gasteiger charge is 2.25. The summed E-state index contributed by atoms with van der Waals surface area (Å²) in [7, 11) is -0.630. The summed E-state index contributed by atoms with van der Waals surface area (Å²) in [5.41, 5.74) is 0.982. The standard InChI is InChI=1S/C15H23NO4S/c1-12(15(17)20-4)10-16(3)21(18,19)11-13(2)14-8-6-5-7-9-14/h5-9,12-13H,10-11H2,1-4H3. The molecule has 118 valence electrons. The highest BCUT2D eigenvalue weighted by Crippen LogP contribution is 2.18. The lowest BCUT2D eigenvalue weighted by atomic mass is 10.0. The van der Waals surface area contributed by atoms with Crippen LogP contribution in [0.1, 0.15) is 25.3 Å². The number of benzene rings is 1. The lowest BCUT2D eigenvalue weighted by molar-refractivity contribution is -0.144. The van der Waals surface area contributed by atoms with E-state index < -0.39 is 21.9 Å². The third kappa shape index (κ3) is 5.13. The van der Waals surface area contributed by atoms with E-state index in [2.05, 4.69) is 4.74 Å². The summed E-state index contributed by atoms with van der Waals surface area (Å²) in [4.78, 5) is 11.4. The molecule has 6 heteroatoms. The predicted molar refractivity (Wildman–Crippen MR) is 82.5 cm³/mol. The van der Waals surface area contributed by atoms with E-state index in [0.29, 0.717) is 0 Å². The first-order chi connectivity index (χ1) is 9.77. The van der Waals surface area contributed by atoms with E-state index in [1.165, 1.54) is 18.5 Å². The highest BCUT2D eigenvalue weighted by atomic mass is 32.2. The Labute approximate surface area is 127 Å². The number of hydrogen-bond donors (Lipinski definition) is 0. The fourth-order valence-corrected chi connectivity index (χ4v) is 3.63. The van der Waals surface area contributed by atoms with Gasteiger partial charge in [0.2, 0.25) is 10.0 Å². The number of carbonyl (C=O) groups excluding carboxylic acids is 1. The average Bonchev–Trinajstić information content (AvgIpc) is 2.46. The molecule has 0 aliphatic carbocycles. The van der Waals surface area contributed by atoms with E-state index in [1.54, 1.807) is 6.92 Å². The van der Waals surface area contributed by atoms with E-state index in [0.717, 1.165) is 5.56 Å². The Morgan fingerprint density at radius 3 is 2.33 bits per heavy atom. The fraction of sp³-hybridized carbons (Fsp3) is 0.533. The van der Waals surface area contributed by atoms with E-state index in [4.69, 9.17) is 0 Å². The molecule has 0 bridgehead atoms. The number of rotatable bonds is 7. The molecule has 1 aromatic carbocycles. The van der Waals surface area contributed by atoms with Crippen LogP contribution in [0.15, 0.2) is 30.3 Å². The Morgan fingerprint density at radius 2 is 1.81 bits per heavy atom. The van der Waals surface area contributed by atoms with Gasteiger partial charge in [-0.3, -0.25) is 4.79 Å². The molecule has 0 saturated carbocycles. The molecule has 2 unspecified atom stereocenters. The van der Waals surface area contributed by atoms with E-state index in [9.17, 15) is 13.2 Å². The summed E-state index contributed by atoms with van der Waals surface area (Å²) >= 11 is 0. The first kappa shape index (κ1) is 17.7. The maximum Gasteiger partial charge on any atom is 0.309 e. The van der Waals surface area contributed by atoms with Gasteiger partial charge in [-0.1, -0.05) is 44.2 Å². The summed E-state index contributed by atoms with van der Waals surface area (Å²) in [6.07, 6.45) is 0. The van der Waals surface area contributed by atoms with Crippen LogP contribution in [0.3, 0.4) is 0 Å². The van der Waals surface area contributed by atoms with E-state index in [1.807, 2.05) is 37.3 Å². The van der Waals surface area contributed by atoms with Crippen molar-refractivity contribution in [2.75, 3.05) is 26.5 Å². The van der Waals surface area contributed by atoms with Gasteiger partial charge in [-0.05, 0) is 11.5 Å². The topological polar surface area (TPSA) is 63.7 Å². The second kappa shape index (κ2) is 7.56. The molecular weight excluding hydrogens is 290 g/mol. The van der Waals surface area contributed by atoms with Crippen LogP contribution in [0.25, 0.3) is 0 Å². The van der Waals surface area contributed by atoms with Gasteiger partial charge in [0.25, 0.3) is 0 Å². The molecule has 1 rings (SSSR count). The van der Waals surface area contributed by atoms with Crippen LogP contribution in [0, 0.1) is 5.92 Å². The smallest absolute Gasteiger partial charge is 0.309 e. The molecule has 0 fully saturated rings. The zero-order chi connectivity index (χ0) is 16.0. The number of carbonyl (C=O) groups is 1. The van der Waals surface area contributed by atoms with Gasteiger partial charge in [0.05, 0.1) is 18.8 Å². The largest absolute Gasteiger partial charge is 0.469 e. The SMILES string of the molecule is COC(=O)C(C)CN(C)S(=O)(=O)CC(C)c1ccccc1. The molecule has 0 aromatic heterocycles. The maximum atomic E-state index is 12.3. The molecule has 21 heavy (non-hydrogen) atoms. The summed E-state index contributed by atoms with van der Waals surface area (Å²) in [6, 6.07) is 9.51. The van der Waals surface area contributed by atoms with Crippen molar-refractivity contribution in [2.45, 2.75) is 19.8 Å². The monoisotopic (exact) mass is 313 g/mol. The molecule has 5 nitrogen and oxygen atoms in total. The predicted octanol–water partition coefficient (Wildman–Crippen LogP) is 1.86.